The Morgan fingerprint density at radius 3 is 2.83 bits per heavy atom. The summed E-state index contributed by atoms with van der Waals surface area (Å²) in [5.41, 5.74) is -1.31. The first-order chi connectivity index (χ1) is 10.8. The molecule has 2 atom stereocenters. The Kier molecular flexibility index (Phi) is 5.28. The lowest BCUT2D eigenvalue weighted by molar-refractivity contribution is -0.138. The molecule has 0 radical (unpaired) electrons. The van der Waals surface area contributed by atoms with Crippen LogP contribution in [0.1, 0.15) is 25.1 Å². The van der Waals surface area contributed by atoms with Crippen LogP contribution < -0.4 is 10.6 Å². The SMILES string of the molecule is Cc1c(F)cnc(C(C)(C)NC(=O)[C@@H]2CN[C@H](CO)CO2)c1F. The van der Waals surface area contributed by atoms with Gasteiger partial charge in [0.1, 0.15) is 17.6 Å². The summed E-state index contributed by atoms with van der Waals surface area (Å²) < 4.78 is 32.9. The van der Waals surface area contributed by atoms with Gasteiger partial charge < -0.3 is 20.5 Å². The van der Waals surface area contributed by atoms with Crippen molar-refractivity contribution < 1.29 is 23.4 Å². The summed E-state index contributed by atoms with van der Waals surface area (Å²) in [4.78, 5) is 16.1. The van der Waals surface area contributed by atoms with Gasteiger partial charge in [-0.25, -0.2) is 8.78 Å². The Hall–Kier alpha value is -1.64. The number of aliphatic hydroxyl groups is 1. The molecule has 1 aromatic heterocycles. The monoisotopic (exact) mass is 329 g/mol. The summed E-state index contributed by atoms with van der Waals surface area (Å²) in [5, 5.41) is 14.7. The highest BCUT2D eigenvalue weighted by Gasteiger charge is 2.34. The van der Waals surface area contributed by atoms with E-state index < -0.39 is 29.2 Å². The Bertz CT molecular complexity index is 588. The van der Waals surface area contributed by atoms with E-state index in [1.807, 2.05) is 0 Å². The van der Waals surface area contributed by atoms with Crippen LogP contribution in [0.3, 0.4) is 0 Å². The molecule has 0 aromatic carbocycles. The van der Waals surface area contributed by atoms with Crippen LogP contribution in [0.5, 0.6) is 0 Å². The Balaban J connectivity index is 2.09. The molecule has 8 heteroatoms. The number of nitrogens with one attached hydrogen (secondary N) is 2. The van der Waals surface area contributed by atoms with Crippen LogP contribution >= 0.6 is 0 Å². The summed E-state index contributed by atoms with van der Waals surface area (Å²) in [7, 11) is 0. The molecular weight excluding hydrogens is 308 g/mol. The lowest BCUT2D eigenvalue weighted by Crippen LogP contribution is -2.56. The van der Waals surface area contributed by atoms with Crippen molar-refractivity contribution in [2.75, 3.05) is 19.8 Å². The first-order valence-corrected chi connectivity index (χ1v) is 7.35. The van der Waals surface area contributed by atoms with Gasteiger partial charge in [-0.3, -0.25) is 9.78 Å². The highest BCUT2D eigenvalue weighted by atomic mass is 19.1. The zero-order valence-electron chi connectivity index (χ0n) is 13.3. The fourth-order valence-corrected chi connectivity index (χ4v) is 2.35. The molecule has 1 saturated heterocycles. The van der Waals surface area contributed by atoms with Gasteiger partial charge in [-0.15, -0.1) is 0 Å². The molecule has 2 heterocycles. The number of carbonyl (C=O) groups is 1. The largest absolute Gasteiger partial charge is 0.395 e. The fraction of sp³-hybridized carbons (Fsp3) is 0.600. The number of ether oxygens (including phenoxy) is 1. The van der Waals surface area contributed by atoms with Gasteiger partial charge in [-0.05, 0) is 20.8 Å². The van der Waals surface area contributed by atoms with Gasteiger partial charge in [-0.1, -0.05) is 0 Å². The molecule has 6 nitrogen and oxygen atoms in total. The maximum absolute atomic E-state index is 14.2. The van der Waals surface area contributed by atoms with E-state index in [2.05, 4.69) is 15.6 Å². The summed E-state index contributed by atoms with van der Waals surface area (Å²) >= 11 is 0. The molecule has 3 N–H and O–H groups in total. The topological polar surface area (TPSA) is 83.5 Å². The molecule has 1 aromatic rings. The summed E-state index contributed by atoms with van der Waals surface area (Å²) in [6.45, 7) is 4.85. The standard InChI is InChI=1S/C15H21F2N3O3/c1-8-10(16)4-19-13(12(8)17)15(2,3)20-14(22)11-5-18-9(6-21)7-23-11/h4,9,11,18,21H,5-7H2,1-3H3,(H,20,22)/t9-,11+/m1/s1. The van der Waals surface area contributed by atoms with Crippen LogP contribution in [0.2, 0.25) is 0 Å². The molecule has 1 aliphatic heterocycles. The van der Waals surface area contributed by atoms with E-state index in [-0.39, 0.29) is 37.1 Å². The molecule has 0 saturated carbocycles. The van der Waals surface area contributed by atoms with E-state index in [9.17, 15) is 13.6 Å². The molecule has 23 heavy (non-hydrogen) atoms. The maximum atomic E-state index is 14.2. The zero-order chi connectivity index (χ0) is 17.2. The third-order valence-electron chi connectivity index (χ3n) is 3.83. The van der Waals surface area contributed by atoms with Gasteiger partial charge in [-0.2, -0.15) is 0 Å². The average Bonchev–Trinajstić information content (AvgIpc) is 2.52. The highest BCUT2D eigenvalue weighted by Crippen LogP contribution is 2.24. The normalized spacial score (nSPS) is 22.0. The minimum atomic E-state index is -1.13. The molecule has 1 amide bonds. The predicted octanol–water partition coefficient (Wildman–Crippen LogP) is 0.369. The number of amides is 1. The molecule has 0 unspecified atom stereocenters. The van der Waals surface area contributed by atoms with E-state index in [4.69, 9.17) is 9.84 Å². The van der Waals surface area contributed by atoms with E-state index in [0.29, 0.717) is 0 Å². The molecular formula is C15H21F2N3O3. The van der Waals surface area contributed by atoms with Crippen molar-refractivity contribution in [2.45, 2.75) is 38.5 Å². The fourth-order valence-electron chi connectivity index (χ4n) is 2.35. The van der Waals surface area contributed by atoms with Crippen molar-refractivity contribution in [3.63, 3.8) is 0 Å². The third-order valence-corrected chi connectivity index (χ3v) is 3.83. The Labute approximate surface area is 133 Å². The first-order valence-electron chi connectivity index (χ1n) is 7.35. The van der Waals surface area contributed by atoms with Crippen molar-refractivity contribution in [3.8, 4) is 0 Å². The van der Waals surface area contributed by atoms with Gasteiger partial charge in [0.25, 0.3) is 5.91 Å². The number of hydrogen-bond acceptors (Lipinski definition) is 5. The summed E-state index contributed by atoms with van der Waals surface area (Å²) in [5.74, 6) is -1.94. The lowest BCUT2D eigenvalue weighted by atomic mass is 9.97. The van der Waals surface area contributed by atoms with Crippen LogP contribution in [0.4, 0.5) is 8.78 Å². The molecule has 0 spiro atoms. The smallest absolute Gasteiger partial charge is 0.251 e. The Morgan fingerprint density at radius 2 is 2.26 bits per heavy atom. The number of aromatic nitrogens is 1. The van der Waals surface area contributed by atoms with E-state index in [0.717, 1.165) is 6.20 Å². The molecule has 0 bridgehead atoms. The number of carbonyl (C=O) groups excluding carboxylic acids is 1. The number of aliphatic hydroxyl groups excluding tert-OH is 1. The van der Waals surface area contributed by atoms with Crippen molar-refractivity contribution in [1.29, 1.82) is 0 Å². The van der Waals surface area contributed by atoms with Gasteiger partial charge in [0.05, 0.1) is 31.0 Å². The van der Waals surface area contributed by atoms with Crippen molar-refractivity contribution in [3.05, 3.63) is 29.1 Å². The number of pyridine rings is 1. The molecule has 2 rings (SSSR count). The van der Waals surface area contributed by atoms with Gasteiger partial charge in [0, 0.05) is 12.1 Å². The molecule has 1 aliphatic rings. The average molecular weight is 329 g/mol. The van der Waals surface area contributed by atoms with Crippen LogP contribution in [0.25, 0.3) is 0 Å². The van der Waals surface area contributed by atoms with E-state index in [1.54, 1.807) is 13.8 Å². The van der Waals surface area contributed by atoms with Crippen LogP contribution in [-0.2, 0) is 15.1 Å². The van der Waals surface area contributed by atoms with Crippen LogP contribution in [-0.4, -0.2) is 47.9 Å². The zero-order valence-corrected chi connectivity index (χ0v) is 13.3. The second-order valence-electron chi connectivity index (χ2n) is 6.12. The number of rotatable bonds is 4. The summed E-state index contributed by atoms with van der Waals surface area (Å²) in [6, 6.07) is -0.203. The Morgan fingerprint density at radius 1 is 1.57 bits per heavy atom. The molecule has 0 aliphatic carbocycles. The lowest BCUT2D eigenvalue weighted by Gasteiger charge is -2.32. The van der Waals surface area contributed by atoms with Crippen molar-refractivity contribution in [1.82, 2.24) is 15.6 Å². The van der Waals surface area contributed by atoms with Gasteiger partial charge in [0.2, 0.25) is 0 Å². The number of morpholine rings is 1. The van der Waals surface area contributed by atoms with Crippen molar-refractivity contribution in [2.24, 2.45) is 0 Å². The predicted molar refractivity (Wildman–Crippen MR) is 78.7 cm³/mol. The van der Waals surface area contributed by atoms with Crippen LogP contribution in [0.15, 0.2) is 6.20 Å². The quantitative estimate of drug-likeness (QED) is 0.743. The first kappa shape index (κ1) is 17.7. The minimum Gasteiger partial charge on any atom is -0.395 e. The van der Waals surface area contributed by atoms with E-state index in [1.165, 1.54) is 6.92 Å². The highest BCUT2D eigenvalue weighted by molar-refractivity contribution is 5.82. The minimum absolute atomic E-state index is 0.0400. The van der Waals surface area contributed by atoms with E-state index >= 15 is 0 Å². The summed E-state index contributed by atoms with van der Waals surface area (Å²) in [6.07, 6.45) is 0.188. The number of halogens is 2. The molecule has 1 fully saturated rings. The third kappa shape index (κ3) is 3.82. The molecule has 128 valence electrons. The van der Waals surface area contributed by atoms with Crippen LogP contribution in [0, 0.1) is 18.6 Å². The number of hydrogen-bond donors (Lipinski definition) is 3. The second-order valence-corrected chi connectivity index (χ2v) is 6.12. The maximum Gasteiger partial charge on any atom is 0.251 e. The van der Waals surface area contributed by atoms with Gasteiger partial charge in [0.15, 0.2) is 5.82 Å². The van der Waals surface area contributed by atoms with Gasteiger partial charge >= 0.3 is 0 Å². The number of nitrogens with zero attached hydrogens (tertiary/aromatic N) is 1. The second kappa shape index (κ2) is 6.86. The van der Waals surface area contributed by atoms with Crippen molar-refractivity contribution >= 4 is 5.91 Å².